The molecule has 2 aliphatic heterocycles. The molecular formula is C23H26N2O6S. The van der Waals surface area contributed by atoms with Gasteiger partial charge >= 0.3 is 0 Å². The van der Waals surface area contributed by atoms with E-state index in [1.165, 1.54) is 14.2 Å². The Balaban J connectivity index is 1.43. The number of fused-ring (bicyclic) bond motifs is 3. The molecule has 2 aliphatic rings. The van der Waals surface area contributed by atoms with Gasteiger partial charge in [0.2, 0.25) is 5.91 Å². The summed E-state index contributed by atoms with van der Waals surface area (Å²) in [6.45, 7) is 0.451. The first-order valence-electron chi connectivity index (χ1n) is 10.2. The number of ether oxygens (including phenoxy) is 4. The van der Waals surface area contributed by atoms with Crippen LogP contribution in [0.4, 0.5) is 0 Å². The van der Waals surface area contributed by atoms with E-state index in [1.807, 2.05) is 24.3 Å². The molecule has 0 saturated carbocycles. The second kappa shape index (κ2) is 9.20. The van der Waals surface area contributed by atoms with E-state index in [9.17, 15) is 9.59 Å². The molecule has 1 saturated heterocycles. The number of nitrogens with one attached hydrogen (secondary N) is 1. The minimum absolute atomic E-state index is 0.160. The van der Waals surface area contributed by atoms with Crippen LogP contribution in [0.15, 0.2) is 30.3 Å². The third-order valence-electron chi connectivity index (χ3n) is 5.76. The molecule has 1 fully saturated rings. The second-order valence-electron chi connectivity index (χ2n) is 7.41. The van der Waals surface area contributed by atoms with Crippen LogP contribution in [0.5, 0.6) is 23.0 Å². The zero-order valence-corrected chi connectivity index (χ0v) is 19.3. The first-order chi connectivity index (χ1) is 15.5. The minimum Gasteiger partial charge on any atom is -0.493 e. The molecule has 2 amide bonds. The van der Waals surface area contributed by atoms with Gasteiger partial charge in [-0.05, 0) is 30.2 Å². The lowest BCUT2D eigenvalue weighted by Crippen LogP contribution is -2.46. The molecule has 2 heterocycles. The molecule has 9 heteroatoms. The SMILES string of the molecule is COc1ccc(CCNC(=O)C2CSC3c4ccc(OC)c(OC)c4C(=O)N23)cc1OC. The van der Waals surface area contributed by atoms with E-state index in [0.29, 0.717) is 47.3 Å². The number of rotatable bonds is 8. The monoisotopic (exact) mass is 458 g/mol. The van der Waals surface area contributed by atoms with Crippen molar-refractivity contribution in [3.63, 3.8) is 0 Å². The lowest BCUT2D eigenvalue weighted by molar-refractivity contribution is -0.124. The fourth-order valence-electron chi connectivity index (χ4n) is 4.18. The van der Waals surface area contributed by atoms with Gasteiger partial charge in [0.15, 0.2) is 23.0 Å². The molecular weight excluding hydrogens is 432 g/mol. The summed E-state index contributed by atoms with van der Waals surface area (Å²) in [7, 11) is 6.23. The van der Waals surface area contributed by atoms with Crippen LogP contribution < -0.4 is 24.3 Å². The first-order valence-corrected chi connectivity index (χ1v) is 11.3. The lowest BCUT2D eigenvalue weighted by Gasteiger charge is -2.22. The van der Waals surface area contributed by atoms with E-state index in [-0.39, 0.29) is 17.2 Å². The largest absolute Gasteiger partial charge is 0.493 e. The molecule has 1 N–H and O–H groups in total. The van der Waals surface area contributed by atoms with Gasteiger partial charge in [0.05, 0.1) is 34.0 Å². The summed E-state index contributed by atoms with van der Waals surface area (Å²) in [5.41, 5.74) is 2.36. The Morgan fingerprint density at radius 1 is 1.03 bits per heavy atom. The maximum atomic E-state index is 13.2. The number of benzene rings is 2. The molecule has 170 valence electrons. The van der Waals surface area contributed by atoms with Crippen molar-refractivity contribution in [1.82, 2.24) is 10.2 Å². The summed E-state index contributed by atoms with van der Waals surface area (Å²) in [6, 6.07) is 8.82. The molecule has 0 radical (unpaired) electrons. The summed E-state index contributed by atoms with van der Waals surface area (Å²) >= 11 is 1.58. The van der Waals surface area contributed by atoms with Crippen molar-refractivity contribution >= 4 is 23.6 Å². The van der Waals surface area contributed by atoms with Crippen molar-refractivity contribution in [2.24, 2.45) is 0 Å². The highest BCUT2D eigenvalue weighted by atomic mass is 32.2. The topological polar surface area (TPSA) is 86.3 Å². The number of amides is 2. The fraction of sp³-hybridized carbons (Fsp3) is 0.391. The maximum absolute atomic E-state index is 13.2. The van der Waals surface area contributed by atoms with Gasteiger partial charge in [-0.1, -0.05) is 12.1 Å². The van der Waals surface area contributed by atoms with Gasteiger partial charge in [0.25, 0.3) is 5.91 Å². The van der Waals surface area contributed by atoms with Gasteiger partial charge in [0.1, 0.15) is 11.4 Å². The first kappa shape index (κ1) is 22.1. The Kier molecular flexibility index (Phi) is 6.36. The minimum atomic E-state index is -0.536. The van der Waals surface area contributed by atoms with Crippen molar-refractivity contribution in [3.8, 4) is 23.0 Å². The van der Waals surface area contributed by atoms with Crippen LogP contribution in [-0.2, 0) is 11.2 Å². The molecule has 2 unspecified atom stereocenters. The molecule has 0 bridgehead atoms. The van der Waals surface area contributed by atoms with E-state index in [1.54, 1.807) is 36.9 Å². The molecule has 2 aromatic carbocycles. The van der Waals surface area contributed by atoms with Crippen molar-refractivity contribution in [3.05, 3.63) is 47.0 Å². The zero-order chi connectivity index (χ0) is 22.8. The normalized spacial score (nSPS) is 18.8. The Morgan fingerprint density at radius 3 is 2.44 bits per heavy atom. The number of thioether (sulfide) groups is 1. The third kappa shape index (κ3) is 3.70. The van der Waals surface area contributed by atoms with E-state index < -0.39 is 6.04 Å². The van der Waals surface area contributed by atoms with Crippen molar-refractivity contribution < 1.29 is 28.5 Å². The lowest BCUT2D eigenvalue weighted by atomic mass is 10.1. The second-order valence-corrected chi connectivity index (χ2v) is 8.52. The van der Waals surface area contributed by atoms with Gasteiger partial charge in [-0.15, -0.1) is 11.8 Å². The summed E-state index contributed by atoms with van der Waals surface area (Å²) in [6.07, 6.45) is 0.634. The highest BCUT2D eigenvalue weighted by molar-refractivity contribution is 7.99. The number of carbonyl (C=O) groups excluding carboxylic acids is 2. The number of carbonyl (C=O) groups is 2. The van der Waals surface area contributed by atoms with Crippen LogP contribution in [0.1, 0.15) is 26.9 Å². The Morgan fingerprint density at radius 2 is 1.75 bits per heavy atom. The van der Waals surface area contributed by atoms with E-state index in [0.717, 1.165) is 11.1 Å². The molecule has 32 heavy (non-hydrogen) atoms. The molecule has 2 atom stereocenters. The van der Waals surface area contributed by atoms with Crippen molar-refractivity contribution in [2.45, 2.75) is 17.8 Å². The quantitative estimate of drug-likeness (QED) is 0.651. The van der Waals surface area contributed by atoms with Crippen molar-refractivity contribution in [1.29, 1.82) is 0 Å². The average Bonchev–Trinajstić information content (AvgIpc) is 3.38. The predicted octanol–water partition coefficient (Wildman–Crippen LogP) is 2.65. The summed E-state index contributed by atoms with van der Waals surface area (Å²) < 4.78 is 21.4. The summed E-state index contributed by atoms with van der Waals surface area (Å²) in [5, 5.41) is 2.78. The molecule has 8 nitrogen and oxygen atoms in total. The molecule has 0 aromatic heterocycles. The van der Waals surface area contributed by atoms with Crippen LogP contribution in [0, 0.1) is 0 Å². The Labute approximate surface area is 191 Å². The maximum Gasteiger partial charge on any atom is 0.260 e. The number of hydrogen-bond acceptors (Lipinski definition) is 7. The van der Waals surface area contributed by atoms with Gasteiger partial charge in [-0.3, -0.25) is 9.59 Å². The molecule has 2 aromatic rings. The van der Waals surface area contributed by atoms with Gasteiger partial charge in [-0.25, -0.2) is 0 Å². The van der Waals surface area contributed by atoms with E-state index in [4.69, 9.17) is 18.9 Å². The predicted molar refractivity (Wildman–Crippen MR) is 121 cm³/mol. The number of methoxy groups -OCH3 is 4. The van der Waals surface area contributed by atoms with Gasteiger partial charge in [0, 0.05) is 17.9 Å². The van der Waals surface area contributed by atoms with Crippen molar-refractivity contribution in [2.75, 3.05) is 40.7 Å². The number of nitrogens with zero attached hydrogens (tertiary/aromatic N) is 1. The Bertz CT molecular complexity index is 1040. The number of hydrogen-bond donors (Lipinski definition) is 1. The summed E-state index contributed by atoms with van der Waals surface area (Å²) in [4.78, 5) is 27.9. The van der Waals surface area contributed by atoms with E-state index in [2.05, 4.69) is 5.32 Å². The van der Waals surface area contributed by atoms with Crippen LogP contribution in [0.3, 0.4) is 0 Å². The van der Waals surface area contributed by atoms with Crippen LogP contribution in [0.2, 0.25) is 0 Å². The fourth-order valence-corrected chi connectivity index (χ4v) is 5.63. The highest BCUT2D eigenvalue weighted by Gasteiger charge is 2.50. The molecule has 4 rings (SSSR count). The van der Waals surface area contributed by atoms with Gasteiger partial charge < -0.3 is 29.2 Å². The van der Waals surface area contributed by atoms with E-state index >= 15 is 0 Å². The van der Waals surface area contributed by atoms with Crippen LogP contribution in [0.25, 0.3) is 0 Å². The summed E-state index contributed by atoms with van der Waals surface area (Å²) in [5.74, 6) is 2.41. The van der Waals surface area contributed by atoms with Crippen LogP contribution in [-0.4, -0.2) is 63.5 Å². The molecule has 0 spiro atoms. The van der Waals surface area contributed by atoms with Crippen LogP contribution >= 0.6 is 11.8 Å². The van der Waals surface area contributed by atoms with Gasteiger partial charge in [-0.2, -0.15) is 0 Å². The molecule has 0 aliphatic carbocycles. The highest BCUT2D eigenvalue weighted by Crippen LogP contribution is 2.52. The third-order valence-corrected chi connectivity index (χ3v) is 7.06. The zero-order valence-electron chi connectivity index (χ0n) is 18.5. The average molecular weight is 459 g/mol. The Hall–Kier alpha value is -3.07. The smallest absolute Gasteiger partial charge is 0.260 e. The standard InChI is InChI=1S/C23H26N2O6S/c1-28-16-7-5-13(11-18(16)30-3)9-10-24-21(26)15-12-32-23-14-6-8-17(29-2)20(31-4)19(14)22(27)25(15)23/h5-8,11,15,23H,9-10,12H2,1-4H3,(H,24,26).